The van der Waals surface area contributed by atoms with Crippen LogP contribution in [0.3, 0.4) is 0 Å². The third-order valence-electron chi connectivity index (χ3n) is 4.28. The van der Waals surface area contributed by atoms with Crippen LogP contribution in [-0.4, -0.2) is 46.3 Å². The molecule has 2 heterocycles. The first-order valence-electron chi connectivity index (χ1n) is 7.93. The number of aromatic nitrogens is 2. The first kappa shape index (κ1) is 14.4. The van der Waals surface area contributed by atoms with Gasteiger partial charge in [0.05, 0.1) is 18.6 Å². The van der Waals surface area contributed by atoms with E-state index in [1.54, 1.807) is 4.90 Å². The second kappa shape index (κ2) is 6.47. The molecule has 1 aliphatic heterocycles. The summed E-state index contributed by atoms with van der Waals surface area (Å²) in [6, 6.07) is 1.15. The maximum Gasteiger partial charge on any atom is 0.409 e. The van der Waals surface area contributed by atoms with Crippen molar-refractivity contribution in [3.05, 3.63) is 18.2 Å². The van der Waals surface area contributed by atoms with Crippen LogP contribution in [-0.2, 0) is 11.3 Å². The lowest BCUT2D eigenvalue weighted by atomic mass is 10.1. The van der Waals surface area contributed by atoms with Crippen molar-refractivity contribution in [2.45, 2.75) is 51.2 Å². The molecule has 6 heteroatoms. The molecule has 0 spiro atoms. The zero-order chi connectivity index (χ0) is 14.7. The fraction of sp³-hybridized carbons (Fsp3) is 0.733. The predicted molar refractivity (Wildman–Crippen MR) is 79.0 cm³/mol. The van der Waals surface area contributed by atoms with Gasteiger partial charge in [-0.15, -0.1) is 0 Å². The van der Waals surface area contributed by atoms with E-state index in [4.69, 9.17) is 4.74 Å². The molecule has 0 radical (unpaired) electrons. The number of hydrogen-bond donors (Lipinski definition) is 1. The highest BCUT2D eigenvalue weighted by atomic mass is 16.6. The number of imidazole rings is 1. The molecule has 21 heavy (non-hydrogen) atoms. The molecule has 0 bridgehead atoms. The van der Waals surface area contributed by atoms with Gasteiger partial charge < -0.3 is 19.5 Å². The fourth-order valence-electron chi connectivity index (χ4n) is 2.88. The summed E-state index contributed by atoms with van der Waals surface area (Å²) in [5.41, 5.74) is 1.27. The van der Waals surface area contributed by atoms with E-state index in [2.05, 4.69) is 14.9 Å². The van der Waals surface area contributed by atoms with Crippen molar-refractivity contribution in [3.63, 3.8) is 0 Å². The van der Waals surface area contributed by atoms with Gasteiger partial charge in [0.25, 0.3) is 0 Å². The third-order valence-corrected chi connectivity index (χ3v) is 4.28. The molecule has 2 aliphatic rings. The van der Waals surface area contributed by atoms with Gasteiger partial charge in [-0.2, -0.15) is 0 Å². The van der Waals surface area contributed by atoms with Crippen LogP contribution in [0.2, 0.25) is 0 Å². The van der Waals surface area contributed by atoms with E-state index in [1.807, 2.05) is 19.4 Å². The number of hydrogen-bond acceptors (Lipinski definition) is 4. The molecular weight excluding hydrogens is 268 g/mol. The maximum atomic E-state index is 11.6. The summed E-state index contributed by atoms with van der Waals surface area (Å²) >= 11 is 0. The van der Waals surface area contributed by atoms with E-state index in [1.165, 1.54) is 18.5 Å². The number of nitrogens with zero attached hydrogens (tertiary/aromatic N) is 3. The molecule has 3 rings (SSSR count). The van der Waals surface area contributed by atoms with Gasteiger partial charge in [-0.25, -0.2) is 9.78 Å². The molecular formula is C15H24N4O2. The van der Waals surface area contributed by atoms with Crippen LogP contribution in [0.25, 0.3) is 0 Å². The monoisotopic (exact) mass is 292 g/mol. The zero-order valence-corrected chi connectivity index (χ0v) is 12.6. The first-order chi connectivity index (χ1) is 10.3. The smallest absolute Gasteiger partial charge is 0.409 e. The topological polar surface area (TPSA) is 59.4 Å². The lowest BCUT2D eigenvalue weighted by Gasteiger charge is -2.31. The maximum absolute atomic E-state index is 11.6. The van der Waals surface area contributed by atoms with Crippen molar-refractivity contribution in [2.75, 3.05) is 19.7 Å². The number of piperidine rings is 1. The lowest BCUT2D eigenvalue weighted by Crippen LogP contribution is -2.45. The molecule has 1 aliphatic carbocycles. The van der Waals surface area contributed by atoms with Crippen LogP contribution in [0.5, 0.6) is 0 Å². The summed E-state index contributed by atoms with van der Waals surface area (Å²) in [4.78, 5) is 17.7. The molecule has 6 nitrogen and oxygen atoms in total. The summed E-state index contributed by atoms with van der Waals surface area (Å²) in [7, 11) is 0. The Morgan fingerprint density at radius 3 is 2.81 bits per heavy atom. The molecule has 1 amide bonds. The Labute approximate surface area is 125 Å². The van der Waals surface area contributed by atoms with Crippen LogP contribution < -0.4 is 5.32 Å². The Balaban J connectivity index is 1.43. The fourth-order valence-corrected chi connectivity index (χ4v) is 2.88. The van der Waals surface area contributed by atoms with Gasteiger partial charge in [0.15, 0.2) is 0 Å². The standard InChI is InChI=1S/C15H24N4O2/c1-2-21-15(20)18-7-5-12(6-8-18)17-10-14-9-16-11-19(14)13-3-4-13/h9,11-13,17H,2-8,10H2,1H3. The van der Waals surface area contributed by atoms with Gasteiger partial charge in [0.2, 0.25) is 0 Å². The van der Waals surface area contributed by atoms with Crippen LogP contribution in [0.1, 0.15) is 44.3 Å². The highest BCUT2D eigenvalue weighted by molar-refractivity contribution is 5.67. The second-order valence-electron chi connectivity index (χ2n) is 5.86. The Morgan fingerprint density at radius 1 is 1.38 bits per heavy atom. The predicted octanol–water partition coefficient (Wildman–Crippen LogP) is 1.93. The molecule has 0 unspecified atom stereocenters. The summed E-state index contributed by atoms with van der Waals surface area (Å²) in [6.07, 6.45) is 8.25. The minimum Gasteiger partial charge on any atom is -0.450 e. The van der Waals surface area contributed by atoms with Gasteiger partial charge >= 0.3 is 6.09 Å². The van der Waals surface area contributed by atoms with Crippen molar-refractivity contribution >= 4 is 6.09 Å². The average molecular weight is 292 g/mol. The number of amides is 1. The minimum atomic E-state index is -0.178. The Hall–Kier alpha value is -1.56. The van der Waals surface area contributed by atoms with Crippen molar-refractivity contribution < 1.29 is 9.53 Å². The molecule has 0 aromatic carbocycles. The molecule has 1 N–H and O–H groups in total. The van der Waals surface area contributed by atoms with Crippen LogP contribution in [0, 0.1) is 0 Å². The van der Waals surface area contributed by atoms with E-state index < -0.39 is 0 Å². The van der Waals surface area contributed by atoms with Crippen molar-refractivity contribution in [2.24, 2.45) is 0 Å². The van der Waals surface area contributed by atoms with Gasteiger partial charge in [0, 0.05) is 37.9 Å². The molecule has 2 fully saturated rings. The Kier molecular flexibility index (Phi) is 4.43. The van der Waals surface area contributed by atoms with Gasteiger partial charge in [-0.05, 0) is 32.6 Å². The molecule has 1 saturated carbocycles. The van der Waals surface area contributed by atoms with Crippen LogP contribution >= 0.6 is 0 Å². The average Bonchev–Trinajstić information content (AvgIpc) is 3.24. The molecule has 0 atom stereocenters. The van der Waals surface area contributed by atoms with E-state index >= 15 is 0 Å². The number of carbonyl (C=O) groups excluding carboxylic acids is 1. The highest BCUT2D eigenvalue weighted by Gasteiger charge is 2.26. The van der Waals surface area contributed by atoms with E-state index in [0.29, 0.717) is 18.7 Å². The highest BCUT2D eigenvalue weighted by Crippen LogP contribution is 2.35. The quantitative estimate of drug-likeness (QED) is 0.901. The SMILES string of the molecule is CCOC(=O)N1CCC(NCc2cncn2C2CC2)CC1. The summed E-state index contributed by atoms with van der Waals surface area (Å²) < 4.78 is 7.33. The zero-order valence-electron chi connectivity index (χ0n) is 12.6. The van der Waals surface area contributed by atoms with Crippen molar-refractivity contribution in [3.8, 4) is 0 Å². The number of nitrogens with one attached hydrogen (secondary N) is 1. The molecule has 1 aromatic rings. The normalized spacial score (nSPS) is 19.8. The Morgan fingerprint density at radius 2 is 2.14 bits per heavy atom. The number of likely N-dealkylation sites (tertiary alicyclic amines) is 1. The largest absolute Gasteiger partial charge is 0.450 e. The summed E-state index contributed by atoms with van der Waals surface area (Å²) in [5, 5.41) is 3.60. The molecule has 1 aromatic heterocycles. The van der Waals surface area contributed by atoms with Crippen LogP contribution in [0.15, 0.2) is 12.5 Å². The minimum absolute atomic E-state index is 0.178. The third kappa shape index (κ3) is 3.56. The van der Waals surface area contributed by atoms with E-state index in [0.717, 1.165) is 32.5 Å². The van der Waals surface area contributed by atoms with E-state index in [-0.39, 0.29) is 6.09 Å². The van der Waals surface area contributed by atoms with Gasteiger partial charge in [-0.3, -0.25) is 0 Å². The molecule has 116 valence electrons. The van der Waals surface area contributed by atoms with E-state index in [9.17, 15) is 4.79 Å². The van der Waals surface area contributed by atoms with Crippen molar-refractivity contribution in [1.82, 2.24) is 19.8 Å². The van der Waals surface area contributed by atoms with Gasteiger partial charge in [0.1, 0.15) is 0 Å². The van der Waals surface area contributed by atoms with Crippen LogP contribution in [0.4, 0.5) is 4.79 Å². The molecule has 1 saturated heterocycles. The van der Waals surface area contributed by atoms with Crippen molar-refractivity contribution in [1.29, 1.82) is 0 Å². The first-order valence-corrected chi connectivity index (χ1v) is 7.93. The van der Waals surface area contributed by atoms with Gasteiger partial charge in [-0.1, -0.05) is 0 Å². The number of carbonyl (C=O) groups is 1. The second-order valence-corrected chi connectivity index (χ2v) is 5.86. The Bertz CT molecular complexity index is 476. The summed E-state index contributed by atoms with van der Waals surface area (Å²) in [5.74, 6) is 0. The lowest BCUT2D eigenvalue weighted by molar-refractivity contribution is 0.0949. The number of rotatable bonds is 5. The summed E-state index contributed by atoms with van der Waals surface area (Å²) in [6.45, 7) is 4.70. The number of ether oxygens (including phenoxy) is 1.